The molecule has 0 aliphatic carbocycles. The van der Waals surface area contributed by atoms with E-state index in [2.05, 4.69) is 0 Å². The molecule has 0 radical (unpaired) electrons. The Morgan fingerprint density at radius 3 is 2.36 bits per heavy atom. The van der Waals surface area contributed by atoms with Gasteiger partial charge in [0.2, 0.25) is 0 Å². The van der Waals surface area contributed by atoms with Crippen molar-refractivity contribution in [2.24, 2.45) is 5.73 Å². The van der Waals surface area contributed by atoms with Crippen molar-refractivity contribution >= 4 is 0 Å². The molecule has 14 heavy (non-hydrogen) atoms. The van der Waals surface area contributed by atoms with E-state index < -0.39 is 5.54 Å². The fraction of sp³-hybridized carbons (Fsp3) is 0.455. The molecule has 0 amide bonds. The Bertz CT molecular complexity index is 342. The number of hydrogen-bond donors (Lipinski definition) is 1. The quantitative estimate of drug-likeness (QED) is 0.789. The standard InChI is InChI=1S/C11H16FNO/c1-7-9(12)6-5-8(10(7)14-4)11(2,3)13/h5-6H,13H2,1-4H3. The van der Waals surface area contributed by atoms with Gasteiger partial charge in [0.1, 0.15) is 11.6 Å². The lowest BCUT2D eigenvalue weighted by Gasteiger charge is -2.23. The summed E-state index contributed by atoms with van der Waals surface area (Å²) in [5.74, 6) is 0.271. The van der Waals surface area contributed by atoms with Gasteiger partial charge in [0, 0.05) is 16.7 Å². The Morgan fingerprint density at radius 2 is 1.93 bits per heavy atom. The molecule has 1 aromatic carbocycles. The van der Waals surface area contributed by atoms with Gasteiger partial charge in [-0.15, -0.1) is 0 Å². The molecule has 2 nitrogen and oxygen atoms in total. The Balaban J connectivity index is 3.39. The number of benzene rings is 1. The van der Waals surface area contributed by atoms with Crippen LogP contribution in [-0.2, 0) is 5.54 Å². The molecule has 78 valence electrons. The number of methoxy groups -OCH3 is 1. The topological polar surface area (TPSA) is 35.2 Å². The van der Waals surface area contributed by atoms with Crippen LogP contribution in [0.1, 0.15) is 25.0 Å². The molecule has 0 bridgehead atoms. The van der Waals surface area contributed by atoms with Gasteiger partial charge in [-0.05, 0) is 26.8 Å². The van der Waals surface area contributed by atoms with E-state index in [1.165, 1.54) is 13.2 Å². The van der Waals surface area contributed by atoms with Crippen LogP contribution in [0.25, 0.3) is 0 Å². The van der Waals surface area contributed by atoms with Gasteiger partial charge in [0.05, 0.1) is 7.11 Å². The molecule has 0 aromatic heterocycles. The highest BCUT2D eigenvalue weighted by atomic mass is 19.1. The van der Waals surface area contributed by atoms with E-state index in [4.69, 9.17) is 10.5 Å². The molecule has 0 saturated carbocycles. The minimum atomic E-state index is -0.524. The number of ether oxygens (including phenoxy) is 1. The lowest BCUT2D eigenvalue weighted by atomic mass is 9.93. The maximum atomic E-state index is 13.2. The van der Waals surface area contributed by atoms with E-state index in [-0.39, 0.29) is 5.82 Å². The zero-order valence-corrected chi connectivity index (χ0v) is 9.02. The fourth-order valence-corrected chi connectivity index (χ4v) is 1.44. The maximum absolute atomic E-state index is 13.2. The van der Waals surface area contributed by atoms with E-state index in [9.17, 15) is 4.39 Å². The first kappa shape index (κ1) is 11.0. The molecule has 0 atom stereocenters. The number of halogens is 1. The molecule has 1 rings (SSSR count). The first-order chi connectivity index (χ1) is 6.38. The zero-order chi connectivity index (χ0) is 10.9. The van der Waals surface area contributed by atoms with Crippen LogP contribution in [-0.4, -0.2) is 7.11 Å². The summed E-state index contributed by atoms with van der Waals surface area (Å²) in [6.45, 7) is 5.41. The number of rotatable bonds is 2. The van der Waals surface area contributed by atoms with Crippen LogP contribution in [0.5, 0.6) is 5.75 Å². The van der Waals surface area contributed by atoms with E-state index in [0.29, 0.717) is 11.3 Å². The second kappa shape index (κ2) is 3.58. The molecule has 0 heterocycles. The Kier molecular flexibility index (Phi) is 2.81. The van der Waals surface area contributed by atoms with Crippen LogP contribution in [0.15, 0.2) is 12.1 Å². The molecule has 0 saturated heterocycles. The second-order valence-corrected chi connectivity index (χ2v) is 3.97. The smallest absolute Gasteiger partial charge is 0.129 e. The number of nitrogens with two attached hydrogens (primary N) is 1. The van der Waals surface area contributed by atoms with Gasteiger partial charge in [-0.3, -0.25) is 0 Å². The predicted molar refractivity (Wildman–Crippen MR) is 54.9 cm³/mol. The van der Waals surface area contributed by atoms with E-state index >= 15 is 0 Å². The average Bonchev–Trinajstić information content (AvgIpc) is 2.07. The van der Waals surface area contributed by atoms with E-state index in [1.807, 2.05) is 13.8 Å². The summed E-state index contributed by atoms with van der Waals surface area (Å²) in [5, 5.41) is 0. The van der Waals surface area contributed by atoms with Crippen molar-refractivity contribution < 1.29 is 9.13 Å². The first-order valence-electron chi connectivity index (χ1n) is 4.50. The summed E-state index contributed by atoms with van der Waals surface area (Å²) in [6.07, 6.45) is 0. The van der Waals surface area contributed by atoms with Crippen LogP contribution in [0.4, 0.5) is 4.39 Å². The van der Waals surface area contributed by atoms with E-state index in [0.717, 1.165) is 5.56 Å². The monoisotopic (exact) mass is 197 g/mol. The molecule has 0 unspecified atom stereocenters. The van der Waals surface area contributed by atoms with Crippen LogP contribution in [0.3, 0.4) is 0 Å². The van der Waals surface area contributed by atoms with Crippen molar-refractivity contribution in [3.63, 3.8) is 0 Å². The lowest BCUT2D eigenvalue weighted by molar-refractivity contribution is 0.387. The molecular formula is C11H16FNO. The highest BCUT2D eigenvalue weighted by Gasteiger charge is 2.21. The van der Waals surface area contributed by atoms with Crippen LogP contribution >= 0.6 is 0 Å². The Morgan fingerprint density at radius 1 is 1.36 bits per heavy atom. The van der Waals surface area contributed by atoms with Gasteiger partial charge in [0.25, 0.3) is 0 Å². The summed E-state index contributed by atoms with van der Waals surface area (Å²) in [6, 6.07) is 3.09. The summed E-state index contributed by atoms with van der Waals surface area (Å²) >= 11 is 0. The molecule has 2 N–H and O–H groups in total. The normalized spacial score (nSPS) is 11.6. The maximum Gasteiger partial charge on any atom is 0.129 e. The van der Waals surface area contributed by atoms with Crippen LogP contribution in [0, 0.1) is 12.7 Å². The van der Waals surface area contributed by atoms with Gasteiger partial charge < -0.3 is 10.5 Å². The van der Waals surface area contributed by atoms with Crippen molar-refractivity contribution in [1.82, 2.24) is 0 Å². The minimum absolute atomic E-state index is 0.269. The summed E-state index contributed by atoms with van der Waals surface area (Å²) < 4.78 is 18.4. The Labute approximate surface area is 83.9 Å². The molecule has 0 spiro atoms. The van der Waals surface area contributed by atoms with Crippen molar-refractivity contribution in [1.29, 1.82) is 0 Å². The van der Waals surface area contributed by atoms with Crippen molar-refractivity contribution in [3.05, 3.63) is 29.1 Å². The minimum Gasteiger partial charge on any atom is -0.496 e. The van der Waals surface area contributed by atoms with Gasteiger partial charge in [0.15, 0.2) is 0 Å². The summed E-state index contributed by atoms with van der Waals surface area (Å²) in [4.78, 5) is 0. The molecule has 3 heteroatoms. The van der Waals surface area contributed by atoms with Crippen molar-refractivity contribution in [3.8, 4) is 5.75 Å². The van der Waals surface area contributed by atoms with Gasteiger partial charge in [-0.25, -0.2) is 4.39 Å². The molecule has 1 aromatic rings. The molecule has 0 aliphatic rings. The first-order valence-corrected chi connectivity index (χ1v) is 4.50. The lowest BCUT2D eigenvalue weighted by Crippen LogP contribution is -2.29. The van der Waals surface area contributed by atoms with E-state index in [1.54, 1.807) is 13.0 Å². The second-order valence-electron chi connectivity index (χ2n) is 3.97. The average molecular weight is 197 g/mol. The molecular weight excluding hydrogens is 181 g/mol. The third-order valence-corrected chi connectivity index (χ3v) is 2.24. The Hall–Kier alpha value is -1.09. The molecule has 0 fully saturated rings. The highest BCUT2D eigenvalue weighted by Crippen LogP contribution is 2.31. The highest BCUT2D eigenvalue weighted by molar-refractivity contribution is 5.44. The van der Waals surface area contributed by atoms with Crippen molar-refractivity contribution in [2.75, 3.05) is 7.11 Å². The van der Waals surface area contributed by atoms with Gasteiger partial charge in [-0.1, -0.05) is 6.07 Å². The van der Waals surface area contributed by atoms with Crippen LogP contribution < -0.4 is 10.5 Å². The van der Waals surface area contributed by atoms with Gasteiger partial charge in [-0.2, -0.15) is 0 Å². The largest absolute Gasteiger partial charge is 0.496 e. The third kappa shape index (κ3) is 1.87. The van der Waals surface area contributed by atoms with Gasteiger partial charge >= 0.3 is 0 Å². The van der Waals surface area contributed by atoms with Crippen molar-refractivity contribution in [2.45, 2.75) is 26.3 Å². The fourth-order valence-electron chi connectivity index (χ4n) is 1.44. The summed E-state index contributed by atoms with van der Waals surface area (Å²) in [5.41, 5.74) is 6.75. The zero-order valence-electron chi connectivity index (χ0n) is 9.02. The SMILES string of the molecule is COc1c(C(C)(C)N)ccc(F)c1C. The summed E-state index contributed by atoms with van der Waals surface area (Å²) in [7, 11) is 1.52. The number of hydrogen-bond acceptors (Lipinski definition) is 2. The molecule has 0 aliphatic heterocycles. The predicted octanol–water partition coefficient (Wildman–Crippen LogP) is 2.34. The third-order valence-electron chi connectivity index (χ3n) is 2.24. The van der Waals surface area contributed by atoms with Crippen LogP contribution in [0.2, 0.25) is 0 Å².